The Hall–Kier alpha value is -1.50. The summed E-state index contributed by atoms with van der Waals surface area (Å²) in [6.07, 6.45) is 0. The Bertz CT molecular complexity index is 516. The molecule has 0 unspecified atom stereocenters. The maximum absolute atomic E-state index is 8.91. The minimum Gasteiger partial charge on any atom is -0.487 e. The minimum atomic E-state index is 0.462. The fourth-order valence-corrected chi connectivity index (χ4v) is 2.05. The number of hydrogen-bond donors (Lipinski definition) is 0. The summed E-state index contributed by atoms with van der Waals surface area (Å²) >= 11 is 7.42. The summed E-state index contributed by atoms with van der Waals surface area (Å²) in [7, 11) is 0. The van der Waals surface area contributed by atoms with Crippen LogP contribution in [0.3, 0.4) is 0 Å². The van der Waals surface area contributed by atoms with Gasteiger partial charge in [0.25, 0.3) is 0 Å². The van der Waals surface area contributed by atoms with Crippen molar-refractivity contribution in [2.75, 3.05) is 0 Å². The highest BCUT2D eigenvalue weighted by Crippen LogP contribution is 2.23. The van der Waals surface area contributed by atoms with E-state index < -0.39 is 0 Å². The second-order valence-electron chi connectivity index (χ2n) is 3.12. The van der Waals surface area contributed by atoms with Crippen molar-refractivity contribution in [2.45, 2.75) is 6.61 Å². The molecule has 0 spiro atoms. The maximum Gasteiger partial charge on any atom is 0.137 e. The second-order valence-corrected chi connectivity index (χ2v) is 4.59. The van der Waals surface area contributed by atoms with Gasteiger partial charge in [-0.2, -0.15) is 5.26 Å². The molecule has 1 aromatic carbocycles. The van der Waals surface area contributed by atoms with Crippen LogP contribution >= 0.6 is 22.9 Å². The molecule has 0 bridgehead atoms. The average molecular weight is 250 g/mol. The third-order valence-electron chi connectivity index (χ3n) is 2.01. The molecule has 1 aromatic heterocycles. The van der Waals surface area contributed by atoms with Gasteiger partial charge in [-0.1, -0.05) is 17.7 Å². The SMILES string of the molecule is N#Cc1cc(Cl)ccc1OCc1cccs1. The van der Waals surface area contributed by atoms with Crippen molar-refractivity contribution in [3.05, 3.63) is 51.2 Å². The van der Waals surface area contributed by atoms with Gasteiger partial charge in [-0.15, -0.1) is 11.3 Å². The molecular formula is C12H8ClNOS. The Morgan fingerprint density at radius 3 is 2.94 bits per heavy atom. The highest BCUT2D eigenvalue weighted by molar-refractivity contribution is 7.09. The van der Waals surface area contributed by atoms with Gasteiger partial charge in [0.15, 0.2) is 0 Å². The molecule has 0 atom stereocenters. The number of hydrogen-bond acceptors (Lipinski definition) is 3. The van der Waals surface area contributed by atoms with Gasteiger partial charge in [-0.3, -0.25) is 0 Å². The standard InChI is InChI=1S/C12H8ClNOS/c13-10-3-4-12(9(6-10)7-14)15-8-11-2-1-5-16-11/h1-6H,8H2. The lowest BCUT2D eigenvalue weighted by molar-refractivity contribution is 0.309. The molecule has 0 saturated carbocycles. The van der Waals surface area contributed by atoms with E-state index in [1.807, 2.05) is 17.5 Å². The van der Waals surface area contributed by atoms with Crippen molar-refractivity contribution in [3.63, 3.8) is 0 Å². The molecule has 0 aliphatic carbocycles. The highest BCUT2D eigenvalue weighted by Gasteiger charge is 2.04. The first-order chi connectivity index (χ1) is 7.79. The summed E-state index contributed by atoms with van der Waals surface area (Å²) in [6.45, 7) is 0.480. The Balaban J connectivity index is 2.13. The molecule has 1 heterocycles. The van der Waals surface area contributed by atoms with Crippen LogP contribution in [0.2, 0.25) is 5.02 Å². The van der Waals surface area contributed by atoms with Crippen LogP contribution in [0.1, 0.15) is 10.4 Å². The van der Waals surface area contributed by atoms with E-state index in [-0.39, 0.29) is 0 Å². The van der Waals surface area contributed by atoms with E-state index in [0.717, 1.165) is 4.88 Å². The lowest BCUT2D eigenvalue weighted by atomic mass is 10.2. The monoisotopic (exact) mass is 249 g/mol. The maximum atomic E-state index is 8.91. The quantitative estimate of drug-likeness (QED) is 0.828. The van der Waals surface area contributed by atoms with Crippen molar-refractivity contribution in [3.8, 4) is 11.8 Å². The molecule has 0 aliphatic heterocycles. The number of thiophene rings is 1. The van der Waals surface area contributed by atoms with Gasteiger partial charge in [-0.25, -0.2) is 0 Å². The van der Waals surface area contributed by atoms with Crippen LogP contribution in [-0.4, -0.2) is 0 Å². The number of benzene rings is 1. The Morgan fingerprint density at radius 2 is 2.25 bits per heavy atom. The van der Waals surface area contributed by atoms with Crippen molar-refractivity contribution in [1.82, 2.24) is 0 Å². The molecule has 2 rings (SSSR count). The molecule has 2 nitrogen and oxygen atoms in total. The van der Waals surface area contributed by atoms with E-state index in [9.17, 15) is 0 Å². The summed E-state index contributed by atoms with van der Waals surface area (Å²) in [4.78, 5) is 1.12. The van der Waals surface area contributed by atoms with E-state index in [2.05, 4.69) is 6.07 Å². The molecule has 0 N–H and O–H groups in total. The summed E-state index contributed by atoms with van der Waals surface area (Å²) in [5.41, 5.74) is 0.462. The van der Waals surface area contributed by atoms with Crippen LogP contribution in [0.4, 0.5) is 0 Å². The first kappa shape index (κ1) is 11.0. The van der Waals surface area contributed by atoms with Crippen LogP contribution < -0.4 is 4.74 Å². The van der Waals surface area contributed by atoms with E-state index >= 15 is 0 Å². The molecule has 0 fully saturated rings. The Labute approximate surface area is 103 Å². The van der Waals surface area contributed by atoms with Gasteiger partial charge in [0.05, 0.1) is 5.56 Å². The predicted molar refractivity (Wildman–Crippen MR) is 64.8 cm³/mol. The van der Waals surface area contributed by atoms with Crippen molar-refractivity contribution in [1.29, 1.82) is 5.26 Å². The van der Waals surface area contributed by atoms with Gasteiger partial charge in [0.2, 0.25) is 0 Å². The first-order valence-corrected chi connectivity index (χ1v) is 5.90. The van der Waals surface area contributed by atoms with Crippen LogP contribution in [0.5, 0.6) is 5.75 Å². The van der Waals surface area contributed by atoms with Crippen molar-refractivity contribution < 1.29 is 4.74 Å². The van der Waals surface area contributed by atoms with E-state index in [0.29, 0.717) is 22.9 Å². The zero-order valence-electron chi connectivity index (χ0n) is 8.31. The third kappa shape index (κ3) is 2.54. The molecule has 0 amide bonds. The number of nitrogens with zero attached hydrogens (tertiary/aromatic N) is 1. The second kappa shape index (κ2) is 5.02. The van der Waals surface area contributed by atoms with Gasteiger partial charge in [-0.05, 0) is 29.6 Å². The van der Waals surface area contributed by atoms with Crippen LogP contribution in [0.15, 0.2) is 35.7 Å². The lowest BCUT2D eigenvalue weighted by Gasteiger charge is -2.06. The fraction of sp³-hybridized carbons (Fsp3) is 0.0833. The van der Waals surface area contributed by atoms with Crippen molar-refractivity contribution >= 4 is 22.9 Å². The number of rotatable bonds is 3. The largest absolute Gasteiger partial charge is 0.487 e. The molecule has 2 aromatic rings. The molecule has 4 heteroatoms. The first-order valence-electron chi connectivity index (χ1n) is 4.64. The minimum absolute atomic E-state index is 0.462. The van der Waals surface area contributed by atoms with E-state index in [1.54, 1.807) is 29.5 Å². The van der Waals surface area contributed by atoms with Crippen molar-refractivity contribution in [2.24, 2.45) is 0 Å². The van der Waals surface area contributed by atoms with Crippen LogP contribution in [-0.2, 0) is 6.61 Å². The van der Waals surface area contributed by atoms with Gasteiger partial charge < -0.3 is 4.74 Å². The topological polar surface area (TPSA) is 33.0 Å². The number of ether oxygens (including phenoxy) is 1. The van der Waals surface area contributed by atoms with Crippen LogP contribution in [0, 0.1) is 11.3 Å². The Kier molecular flexibility index (Phi) is 3.45. The summed E-state index contributed by atoms with van der Waals surface area (Å²) < 4.78 is 5.56. The van der Waals surface area contributed by atoms with Crippen LogP contribution in [0.25, 0.3) is 0 Å². The summed E-state index contributed by atoms with van der Waals surface area (Å²) in [5, 5.41) is 11.4. The third-order valence-corrected chi connectivity index (χ3v) is 3.10. The Morgan fingerprint density at radius 1 is 1.38 bits per heavy atom. The van der Waals surface area contributed by atoms with Gasteiger partial charge in [0.1, 0.15) is 18.4 Å². The van der Waals surface area contributed by atoms with E-state index in [4.69, 9.17) is 21.6 Å². The summed E-state index contributed by atoms with van der Waals surface area (Å²) in [5.74, 6) is 0.570. The molecule has 0 saturated heterocycles. The van der Waals surface area contributed by atoms with E-state index in [1.165, 1.54) is 0 Å². The molecule has 0 radical (unpaired) electrons. The molecule has 80 valence electrons. The average Bonchev–Trinajstić information content (AvgIpc) is 2.80. The zero-order valence-corrected chi connectivity index (χ0v) is 9.89. The van der Waals surface area contributed by atoms with Gasteiger partial charge >= 0.3 is 0 Å². The lowest BCUT2D eigenvalue weighted by Crippen LogP contribution is -1.95. The summed E-state index contributed by atoms with van der Waals surface area (Å²) in [6, 6.07) is 11.1. The number of halogens is 1. The zero-order chi connectivity index (χ0) is 11.4. The molecule has 0 aliphatic rings. The van der Waals surface area contributed by atoms with Gasteiger partial charge in [0, 0.05) is 9.90 Å². The highest BCUT2D eigenvalue weighted by atomic mass is 35.5. The molecule has 16 heavy (non-hydrogen) atoms. The predicted octanol–water partition coefficient (Wildman–Crippen LogP) is 3.85. The smallest absolute Gasteiger partial charge is 0.137 e. The molecular weight excluding hydrogens is 242 g/mol. The number of nitriles is 1. The fourth-order valence-electron chi connectivity index (χ4n) is 1.26. The normalized spacial score (nSPS) is 9.75.